The highest BCUT2D eigenvalue weighted by atomic mass is 32.2. The molecular formula is C16H25NS. The maximum atomic E-state index is 3.66. The molecule has 1 aromatic rings. The first-order valence-electron chi connectivity index (χ1n) is 7.01. The second-order valence-electron chi connectivity index (χ2n) is 6.10. The standard InChI is InChI=1S/C16H25NS/c1-6-13-15(17-7-2)12-10-11(16(3,4)5)8-9-14(12)18-13/h8-10,13,15,17H,6-7H2,1-5H3. The van der Waals surface area contributed by atoms with Crippen molar-refractivity contribution < 1.29 is 0 Å². The molecule has 0 amide bonds. The molecule has 1 N–H and O–H groups in total. The van der Waals surface area contributed by atoms with Gasteiger partial charge in [0.25, 0.3) is 0 Å². The molecule has 0 aromatic heterocycles. The molecule has 0 spiro atoms. The summed E-state index contributed by atoms with van der Waals surface area (Å²) in [6.45, 7) is 12.4. The predicted molar refractivity (Wildman–Crippen MR) is 81.5 cm³/mol. The third-order valence-electron chi connectivity index (χ3n) is 3.69. The maximum absolute atomic E-state index is 3.66. The fourth-order valence-electron chi connectivity index (χ4n) is 2.58. The minimum atomic E-state index is 0.237. The van der Waals surface area contributed by atoms with Crippen LogP contribution in [0.15, 0.2) is 23.1 Å². The van der Waals surface area contributed by atoms with Crippen LogP contribution in [0.3, 0.4) is 0 Å². The first-order valence-corrected chi connectivity index (χ1v) is 7.89. The van der Waals surface area contributed by atoms with E-state index in [9.17, 15) is 0 Å². The van der Waals surface area contributed by atoms with E-state index in [4.69, 9.17) is 0 Å². The van der Waals surface area contributed by atoms with Gasteiger partial charge >= 0.3 is 0 Å². The Hall–Kier alpha value is -0.470. The summed E-state index contributed by atoms with van der Waals surface area (Å²) in [6.07, 6.45) is 1.22. The van der Waals surface area contributed by atoms with Gasteiger partial charge in [-0.25, -0.2) is 0 Å². The van der Waals surface area contributed by atoms with Crippen LogP contribution in [0, 0.1) is 0 Å². The minimum Gasteiger partial charge on any atom is -0.309 e. The summed E-state index contributed by atoms with van der Waals surface area (Å²) in [7, 11) is 0. The summed E-state index contributed by atoms with van der Waals surface area (Å²) in [5.41, 5.74) is 3.20. The molecule has 0 saturated heterocycles. The zero-order valence-corrected chi connectivity index (χ0v) is 13.0. The number of hydrogen-bond acceptors (Lipinski definition) is 2. The molecule has 1 nitrogen and oxygen atoms in total. The van der Waals surface area contributed by atoms with Crippen molar-refractivity contribution in [1.82, 2.24) is 5.32 Å². The SMILES string of the molecule is CCNC1c2cc(C(C)(C)C)ccc2SC1CC. The van der Waals surface area contributed by atoms with Gasteiger partial charge in [0, 0.05) is 16.2 Å². The smallest absolute Gasteiger partial charge is 0.0455 e. The van der Waals surface area contributed by atoms with Crippen LogP contribution in [0.4, 0.5) is 0 Å². The molecular weight excluding hydrogens is 238 g/mol. The van der Waals surface area contributed by atoms with E-state index in [1.54, 1.807) is 0 Å². The minimum absolute atomic E-state index is 0.237. The molecule has 2 atom stereocenters. The Bertz CT molecular complexity index is 420. The summed E-state index contributed by atoms with van der Waals surface area (Å²) >= 11 is 2.04. The Balaban J connectivity index is 2.38. The molecule has 1 heterocycles. The third-order valence-corrected chi connectivity index (χ3v) is 5.22. The Labute approximate surface area is 116 Å². The largest absolute Gasteiger partial charge is 0.309 e. The average molecular weight is 263 g/mol. The lowest BCUT2D eigenvalue weighted by Crippen LogP contribution is -2.26. The zero-order chi connectivity index (χ0) is 13.3. The van der Waals surface area contributed by atoms with Crippen LogP contribution in [0.25, 0.3) is 0 Å². The van der Waals surface area contributed by atoms with Crippen LogP contribution in [0.1, 0.15) is 58.2 Å². The van der Waals surface area contributed by atoms with Crippen molar-refractivity contribution in [3.8, 4) is 0 Å². The number of rotatable bonds is 3. The topological polar surface area (TPSA) is 12.0 Å². The second-order valence-corrected chi connectivity index (χ2v) is 7.38. The van der Waals surface area contributed by atoms with E-state index in [0.29, 0.717) is 11.3 Å². The molecule has 1 aromatic carbocycles. The number of nitrogens with one attached hydrogen (secondary N) is 1. The third kappa shape index (κ3) is 2.60. The van der Waals surface area contributed by atoms with E-state index in [1.807, 2.05) is 11.8 Å². The molecule has 0 fully saturated rings. The molecule has 0 aliphatic carbocycles. The van der Waals surface area contributed by atoms with Gasteiger partial charge < -0.3 is 5.32 Å². The monoisotopic (exact) mass is 263 g/mol. The highest BCUT2D eigenvalue weighted by molar-refractivity contribution is 8.00. The van der Waals surface area contributed by atoms with Gasteiger partial charge in [0.2, 0.25) is 0 Å². The van der Waals surface area contributed by atoms with Gasteiger partial charge in [0.1, 0.15) is 0 Å². The van der Waals surface area contributed by atoms with E-state index in [2.05, 4.69) is 58.1 Å². The molecule has 0 bridgehead atoms. The fourth-order valence-corrected chi connectivity index (χ4v) is 3.92. The molecule has 1 aliphatic rings. The van der Waals surface area contributed by atoms with Crippen molar-refractivity contribution >= 4 is 11.8 Å². The fraction of sp³-hybridized carbons (Fsp3) is 0.625. The normalized spacial score (nSPS) is 23.2. The Morgan fingerprint density at radius 2 is 1.94 bits per heavy atom. The summed E-state index contributed by atoms with van der Waals surface area (Å²) in [6, 6.07) is 7.57. The van der Waals surface area contributed by atoms with Crippen molar-refractivity contribution in [2.75, 3.05) is 6.54 Å². The molecule has 18 heavy (non-hydrogen) atoms. The van der Waals surface area contributed by atoms with Gasteiger partial charge in [0.15, 0.2) is 0 Å². The van der Waals surface area contributed by atoms with E-state index < -0.39 is 0 Å². The van der Waals surface area contributed by atoms with Gasteiger partial charge in [-0.3, -0.25) is 0 Å². The summed E-state index contributed by atoms with van der Waals surface area (Å²) in [5.74, 6) is 0. The van der Waals surface area contributed by atoms with Gasteiger partial charge in [-0.2, -0.15) is 0 Å². The quantitative estimate of drug-likeness (QED) is 0.860. The summed E-state index contributed by atoms with van der Waals surface area (Å²) in [4.78, 5) is 1.47. The van der Waals surface area contributed by atoms with Crippen molar-refractivity contribution in [1.29, 1.82) is 0 Å². The van der Waals surface area contributed by atoms with Gasteiger partial charge in [-0.1, -0.05) is 46.8 Å². The number of thioether (sulfide) groups is 1. The van der Waals surface area contributed by atoms with Crippen molar-refractivity contribution in [2.45, 2.75) is 62.6 Å². The first kappa shape index (κ1) is 14.0. The molecule has 0 radical (unpaired) electrons. The highest BCUT2D eigenvalue weighted by Gasteiger charge is 2.32. The molecule has 100 valence electrons. The average Bonchev–Trinajstić information content (AvgIpc) is 2.66. The maximum Gasteiger partial charge on any atom is 0.0455 e. The predicted octanol–water partition coefficient (Wildman–Crippen LogP) is 4.52. The molecule has 1 aliphatic heterocycles. The lowest BCUT2D eigenvalue weighted by Gasteiger charge is -2.22. The van der Waals surface area contributed by atoms with Crippen LogP contribution >= 0.6 is 11.8 Å². The van der Waals surface area contributed by atoms with Crippen LogP contribution in [0.2, 0.25) is 0 Å². The van der Waals surface area contributed by atoms with E-state index in [0.717, 1.165) is 6.54 Å². The molecule has 2 heteroatoms. The number of fused-ring (bicyclic) bond motifs is 1. The lowest BCUT2D eigenvalue weighted by molar-refractivity contribution is 0.523. The second kappa shape index (κ2) is 5.26. The summed E-state index contributed by atoms with van der Waals surface area (Å²) < 4.78 is 0. The van der Waals surface area contributed by atoms with Crippen LogP contribution in [-0.2, 0) is 5.41 Å². The van der Waals surface area contributed by atoms with Gasteiger partial charge in [-0.05, 0) is 35.6 Å². The van der Waals surface area contributed by atoms with Gasteiger partial charge in [0.05, 0.1) is 0 Å². The van der Waals surface area contributed by atoms with Crippen LogP contribution < -0.4 is 5.32 Å². The van der Waals surface area contributed by atoms with Crippen molar-refractivity contribution in [3.63, 3.8) is 0 Å². The Kier molecular flexibility index (Phi) is 4.08. The molecule has 2 unspecified atom stereocenters. The Morgan fingerprint density at radius 1 is 1.22 bits per heavy atom. The molecule has 2 rings (SSSR count). The van der Waals surface area contributed by atoms with E-state index in [1.165, 1.54) is 22.4 Å². The molecule has 0 saturated carbocycles. The Morgan fingerprint density at radius 3 is 2.50 bits per heavy atom. The summed E-state index contributed by atoms with van der Waals surface area (Å²) in [5, 5.41) is 4.35. The van der Waals surface area contributed by atoms with Gasteiger partial charge in [-0.15, -0.1) is 11.8 Å². The first-order chi connectivity index (χ1) is 8.47. The van der Waals surface area contributed by atoms with Crippen LogP contribution in [0.5, 0.6) is 0 Å². The van der Waals surface area contributed by atoms with E-state index >= 15 is 0 Å². The van der Waals surface area contributed by atoms with Crippen molar-refractivity contribution in [2.24, 2.45) is 0 Å². The highest BCUT2D eigenvalue weighted by Crippen LogP contribution is 2.46. The lowest BCUT2D eigenvalue weighted by atomic mass is 9.85. The van der Waals surface area contributed by atoms with Crippen molar-refractivity contribution in [3.05, 3.63) is 29.3 Å². The zero-order valence-electron chi connectivity index (χ0n) is 12.2. The van der Waals surface area contributed by atoms with Crippen LogP contribution in [-0.4, -0.2) is 11.8 Å². The van der Waals surface area contributed by atoms with E-state index in [-0.39, 0.29) is 5.41 Å². The number of hydrogen-bond donors (Lipinski definition) is 1. The number of benzene rings is 1.